The number of nitrogens with zero attached hydrogens (tertiary/aromatic N) is 2. The monoisotopic (exact) mass is 352 g/mol. The van der Waals surface area contributed by atoms with Crippen LogP contribution in [0.25, 0.3) is 0 Å². The van der Waals surface area contributed by atoms with Crippen LogP contribution in [0, 0.1) is 0 Å². The highest BCUT2D eigenvalue weighted by Crippen LogP contribution is 2.28. The van der Waals surface area contributed by atoms with Crippen molar-refractivity contribution in [1.82, 2.24) is 9.80 Å². The standard InChI is InChI=1S/C23H32N2O/c1-24(2)23(19-21-9-5-3-6-10-21,20-22-11-7-4-8-12-22)13-14-25-15-17-26-18-16-25/h3-12H,13-20H2,1-2H3. The number of morpholine rings is 1. The predicted molar refractivity (Wildman–Crippen MR) is 109 cm³/mol. The van der Waals surface area contributed by atoms with Gasteiger partial charge >= 0.3 is 0 Å². The topological polar surface area (TPSA) is 15.7 Å². The first-order valence-corrected chi connectivity index (χ1v) is 9.73. The van der Waals surface area contributed by atoms with Gasteiger partial charge in [0.25, 0.3) is 0 Å². The molecule has 1 saturated heterocycles. The Morgan fingerprint density at radius 2 is 1.35 bits per heavy atom. The highest BCUT2D eigenvalue weighted by molar-refractivity contribution is 5.23. The van der Waals surface area contributed by atoms with Crippen LogP contribution in [0.5, 0.6) is 0 Å². The van der Waals surface area contributed by atoms with Gasteiger partial charge in [0.1, 0.15) is 0 Å². The molecule has 0 saturated carbocycles. The minimum Gasteiger partial charge on any atom is -0.379 e. The Balaban J connectivity index is 1.81. The third-order valence-electron chi connectivity index (χ3n) is 5.70. The minimum absolute atomic E-state index is 0.112. The smallest absolute Gasteiger partial charge is 0.0594 e. The molecule has 3 heteroatoms. The summed E-state index contributed by atoms with van der Waals surface area (Å²) in [5, 5.41) is 0. The summed E-state index contributed by atoms with van der Waals surface area (Å²) in [7, 11) is 4.48. The second kappa shape index (κ2) is 9.31. The van der Waals surface area contributed by atoms with E-state index in [1.807, 2.05) is 0 Å². The zero-order valence-electron chi connectivity index (χ0n) is 16.2. The summed E-state index contributed by atoms with van der Waals surface area (Å²) in [5.74, 6) is 0. The Labute approximate surface area is 158 Å². The zero-order chi connectivity index (χ0) is 18.2. The molecule has 0 bridgehead atoms. The summed E-state index contributed by atoms with van der Waals surface area (Å²) in [5.41, 5.74) is 2.94. The van der Waals surface area contributed by atoms with Gasteiger partial charge in [-0.05, 0) is 44.5 Å². The number of ether oxygens (including phenoxy) is 1. The van der Waals surface area contributed by atoms with Crippen LogP contribution >= 0.6 is 0 Å². The lowest BCUT2D eigenvalue weighted by Crippen LogP contribution is -2.51. The lowest BCUT2D eigenvalue weighted by Gasteiger charge is -2.42. The molecule has 0 amide bonds. The van der Waals surface area contributed by atoms with Gasteiger partial charge in [-0.15, -0.1) is 0 Å². The van der Waals surface area contributed by atoms with Crippen LogP contribution < -0.4 is 0 Å². The van der Waals surface area contributed by atoms with Gasteiger partial charge in [0.05, 0.1) is 13.2 Å². The van der Waals surface area contributed by atoms with Crippen molar-refractivity contribution in [3.05, 3.63) is 71.8 Å². The molecule has 0 atom stereocenters. The van der Waals surface area contributed by atoms with Crippen molar-refractivity contribution in [2.45, 2.75) is 24.8 Å². The lowest BCUT2D eigenvalue weighted by molar-refractivity contribution is 0.0265. The van der Waals surface area contributed by atoms with Gasteiger partial charge in [0, 0.05) is 25.2 Å². The van der Waals surface area contributed by atoms with E-state index in [0.29, 0.717) is 0 Å². The third-order valence-corrected chi connectivity index (χ3v) is 5.70. The van der Waals surface area contributed by atoms with Crippen molar-refractivity contribution in [2.24, 2.45) is 0 Å². The number of benzene rings is 2. The molecular weight excluding hydrogens is 320 g/mol. The van der Waals surface area contributed by atoms with Crippen LogP contribution in [-0.2, 0) is 17.6 Å². The molecular formula is C23H32N2O. The van der Waals surface area contributed by atoms with Crippen LogP contribution in [0.2, 0.25) is 0 Å². The quantitative estimate of drug-likeness (QED) is 0.723. The van der Waals surface area contributed by atoms with Crippen LogP contribution in [-0.4, -0.2) is 62.3 Å². The van der Waals surface area contributed by atoms with Crippen molar-refractivity contribution >= 4 is 0 Å². The molecule has 0 N–H and O–H groups in total. The molecule has 3 rings (SSSR count). The molecule has 26 heavy (non-hydrogen) atoms. The van der Waals surface area contributed by atoms with Crippen LogP contribution in [0.4, 0.5) is 0 Å². The predicted octanol–water partition coefficient (Wildman–Crippen LogP) is 3.49. The zero-order valence-corrected chi connectivity index (χ0v) is 16.2. The minimum atomic E-state index is 0.112. The van der Waals surface area contributed by atoms with Gasteiger partial charge in [0.15, 0.2) is 0 Å². The number of rotatable bonds is 8. The molecule has 2 aromatic rings. The fourth-order valence-electron chi connectivity index (χ4n) is 3.92. The van der Waals surface area contributed by atoms with E-state index in [1.165, 1.54) is 11.1 Å². The molecule has 0 aliphatic carbocycles. The van der Waals surface area contributed by atoms with Crippen LogP contribution in [0.3, 0.4) is 0 Å². The second-order valence-electron chi connectivity index (χ2n) is 7.65. The van der Waals surface area contributed by atoms with Crippen molar-refractivity contribution in [2.75, 3.05) is 46.9 Å². The molecule has 0 spiro atoms. The first-order valence-electron chi connectivity index (χ1n) is 9.73. The fourth-order valence-corrected chi connectivity index (χ4v) is 3.92. The summed E-state index contributed by atoms with van der Waals surface area (Å²) < 4.78 is 5.52. The van der Waals surface area contributed by atoms with Gasteiger partial charge in [-0.25, -0.2) is 0 Å². The van der Waals surface area contributed by atoms with E-state index >= 15 is 0 Å². The van der Waals surface area contributed by atoms with Crippen molar-refractivity contribution in [3.63, 3.8) is 0 Å². The van der Waals surface area contributed by atoms with Gasteiger partial charge in [-0.3, -0.25) is 4.90 Å². The average molecular weight is 353 g/mol. The maximum Gasteiger partial charge on any atom is 0.0594 e. The highest BCUT2D eigenvalue weighted by Gasteiger charge is 2.33. The van der Waals surface area contributed by atoms with Crippen molar-refractivity contribution in [1.29, 1.82) is 0 Å². The normalized spacial score (nSPS) is 16.1. The Morgan fingerprint density at radius 3 is 1.81 bits per heavy atom. The Morgan fingerprint density at radius 1 is 0.846 bits per heavy atom. The molecule has 1 fully saturated rings. The summed E-state index contributed by atoms with van der Waals surface area (Å²) in [4.78, 5) is 5.01. The van der Waals surface area contributed by atoms with Gasteiger partial charge in [-0.2, -0.15) is 0 Å². The molecule has 1 heterocycles. The molecule has 2 aromatic carbocycles. The van der Waals surface area contributed by atoms with E-state index in [4.69, 9.17) is 4.74 Å². The second-order valence-corrected chi connectivity index (χ2v) is 7.65. The third kappa shape index (κ3) is 5.16. The Hall–Kier alpha value is -1.68. The molecule has 0 unspecified atom stereocenters. The fraction of sp³-hybridized carbons (Fsp3) is 0.478. The summed E-state index contributed by atoms with van der Waals surface area (Å²) in [6, 6.07) is 21.9. The van der Waals surface area contributed by atoms with E-state index in [2.05, 4.69) is 84.6 Å². The van der Waals surface area contributed by atoms with E-state index in [-0.39, 0.29) is 5.54 Å². The van der Waals surface area contributed by atoms with Crippen molar-refractivity contribution < 1.29 is 4.74 Å². The van der Waals surface area contributed by atoms with E-state index < -0.39 is 0 Å². The molecule has 140 valence electrons. The van der Waals surface area contributed by atoms with Gasteiger partial charge < -0.3 is 9.64 Å². The number of likely N-dealkylation sites (N-methyl/N-ethyl adjacent to an activating group) is 1. The molecule has 1 aliphatic heterocycles. The van der Waals surface area contributed by atoms with Crippen LogP contribution in [0.1, 0.15) is 17.5 Å². The largest absolute Gasteiger partial charge is 0.379 e. The van der Waals surface area contributed by atoms with E-state index in [1.54, 1.807) is 0 Å². The Kier molecular flexibility index (Phi) is 6.84. The molecule has 0 aromatic heterocycles. The SMILES string of the molecule is CN(C)C(CCN1CCOCC1)(Cc1ccccc1)Cc1ccccc1. The Bertz CT molecular complexity index is 594. The number of hydrogen-bond acceptors (Lipinski definition) is 3. The maximum atomic E-state index is 5.52. The van der Waals surface area contributed by atoms with Gasteiger partial charge in [0.2, 0.25) is 0 Å². The summed E-state index contributed by atoms with van der Waals surface area (Å²) >= 11 is 0. The molecule has 1 aliphatic rings. The maximum absolute atomic E-state index is 5.52. The van der Waals surface area contributed by atoms with E-state index in [0.717, 1.165) is 52.1 Å². The summed E-state index contributed by atoms with van der Waals surface area (Å²) in [6.07, 6.45) is 3.30. The summed E-state index contributed by atoms with van der Waals surface area (Å²) in [6.45, 7) is 4.97. The number of hydrogen-bond donors (Lipinski definition) is 0. The van der Waals surface area contributed by atoms with E-state index in [9.17, 15) is 0 Å². The highest BCUT2D eigenvalue weighted by atomic mass is 16.5. The van der Waals surface area contributed by atoms with Crippen molar-refractivity contribution in [3.8, 4) is 0 Å². The lowest BCUT2D eigenvalue weighted by atomic mass is 9.80. The van der Waals surface area contributed by atoms with Crippen LogP contribution in [0.15, 0.2) is 60.7 Å². The van der Waals surface area contributed by atoms with Gasteiger partial charge in [-0.1, -0.05) is 60.7 Å². The molecule has 0 radical (unpaired) electrons. The first kappa shape index (κ1) is 19.1. The average Bonchev–Trinajstić information content (AvgIpc) is 2.68. The molecule has 3 nitrogen and oxygen atoms in total. The first-order chi connectivity index (χ1) is 12.7.